The number of aromatic amines is 2. The molecular formula is C26H24N6O2. The molecule has 0 aliphatic rings. The van der Waals surface area contributed by atoms with Crippen LogP contribution in [0.2, 0.25) is 0 Å². The highest BCUT2D eigenvalue weighted by molar-refractivity contribution is 6.05. The second-order valence-corrected chi connectivity index (χ2v) is 8.02. The van der Waals surface area contributed by atoms with Crippen molar-refractivity contribution >= 4 is 34.1 Å². The molecule has 2 aromatic heterocycles. The Morgan fingerprint density at radius 3 is 2.59 bits per heavy atom. The zero-order valence-corrected chi connectivity index (χ0v) is 18.3. The Morgan fingerprint density at radius 1 is 1.00 bits per heavy atom. The Morgan fingerprint density at radius 2 is 1.76 bits per heavy atom. The number of rotatable bonds is 7. The Balaban J connectivity index is 1.21. The number of carbonyl (C=O) groups is 1. The number of carbonyl (C=O) groups excluding carboxylic acids is 1. The van der Waals surface area contributed by atoms with Crippen LogP contribution in [0.4, 0.5) is 17.3 Å². The van der Waals surface area contributed by atoms with Crippen LogP contribution in [0.15, 0.2) is 79.0 Å². The van der Waals surface area contributed by atoms with Crippen LogP contribution < -0.4 is 16.4 Å². The van der Waals surface area contributed by atoms with E-state index in [1.165, 1.54) is 0 Å². The summed E-state index contributed by atoms with van der Waals surface area (Å²) in [5.41, 5.74) is 11.3. The van der Waals surface area contributed by atoms with E-state index in [1.807, 2.05) is 54.7 Å². The summed E-state index contributed by atoms with van der Waals surface area (Å²) in [6.07, 6.45) is 2.47. The molecule has 0 bridgehead atoms. The van der Waals surface area contributed by atoms with Crippen LogP contribution in [-0.2, 0) is 13.0 Å². The van der Waals surface area contributed by atoms with E-state index >= 15 is 0 Å². The fourth-order valence-electron chi connectivity index (χ4n) is 3.84. The first-order valence-electron chi connectivity index (χ1n) is 10.9. The summed E-state index contributed by atoms with van der Waals surface area (Å²) in [7, 11) is 0. The average Bonchev–Trinajstić information content (AvgIpc) is 3.43. The van der Waals surface area contributed by atoms with Crippen molar-refractivity contribution in [3.63, 3.8) is 0 Å². The first-order chi connectivity index (χ1) is 16.6. The summed E-state index contributed by atoms with van der Waals surface area (Å²) >= 11 is 0. The minimum Gasteiger partial charge on any atom is -0.492 e. The topological polar surface area (TPSA) is 132 Å². The molecule has 7 N–H and O–H groups in total. The lowest BCUT2D eigenvalue weighted by atomic mass is 10.1. The van der Waals surface area contributed by atoms with Gasteiger partial charge in [0.2, 0.25) is 11.8 Å². The Hall–Kier alpha value is -4.72. The molecular weight excluding hydrogens is 428 g/mol. The van der Waals surface area contributed by atoms with E-state index in [1.54, 1.807) is 24.3 Å². The summed E-state index contributed by atoms with van der Waals surface area (Å²) in [4.78, 5) is 23.1. The van der Waals surface area contributed by atoms with Crippen molar-refractivity contribution in [1.29, 1.82) is 0 Å². The van der Waals surface area contributed by atoms with Gasteiger partial charge in [-0.1, -0.05) is 42.5 Å². The van der Waals surface area contributed by atoms with Gasteiger partial charge >= 0.3 is 0 Å². The van der Waals surface area contributed by atoms with E-state index in [0.29, 0.717) is 41.5 Å². The number of anilines is 3. The Kier molecular flexibility index (Phi) is 5.61. The SMILES string of the molecule is Nc1ccccc1NC(=O)c1ccc(CNc2nc(O)c(Cc3c[nH]c4ccccc34)[nH]2)cc1. The molecule has 0 aliphatic heterocycles. The molecule has 0 atom stereocenters. The third kappa shape index (κ3) is 4.42. The second kappa shape index (κ2) is 9.03. The summed E-state index contributed by atoms with van der Waals surface area (Å²) < 4.78 is 0. The van der Waals surface area contributed by atoms with Gasteiger partial charge in [0.15, 0.2) is 0 Å². The number of amides is 1. The third-order valence-electron chi connectivity index (χ3n) is 5.68. The molecule has 0 unspecified atom stereocenters. The number of nitrogen functional groups attached to an aromatic ring is 1. The molecule has 0 radical (unpaired) electrons. The van der Waals surface area contributed by atoms with Crippen LogP contribution >= 0.6 is 0 Å². The van der Waals surface area contributed by atoms with Crippen LogP contribution in [0.3, 0.4) is 0 Å². The number of nitrogens with one attached hydrogen (secondary N) is 4. The summed E-state index contributed by atoms with van der Waals surface area (Å²) in [5, 5.41) is 17.4. The van der Waals surface area contributed by atoms with Gasteiger partial charge < -0.3 is 31.4 Å². The van der Waals surface area contributed by atoms with E-state index in [0.717, 1.165) is 22.0 Å². The average molecular weight is 453 g/mol. The predicted molar refractivity (Wildman–Crippen MR) is 134 cm³/mol. The third-order valence-corrected chi connectivity index (χ3v) is 5.68. The number of hydrogen-bond donors (Lipinski definition) is 6. The van der Waals surface area contributed by atoms with Gasteiger partial charge in [0, 0.05) is 35.6 Å². The monoisotopic (exact) mass is 452 g/mol. The Bertz CT molecular complexity index is 1450. The Labute approximate surface area is 195 Å². The number of fused-ring (bicyclic) bond motifs is 1. The van der Waals surface area contributed by atoms with Crippen LogP contribution in [-0.4, -0.2) is 26.0 Å². The quantitative estimate of drug-likeness (QED) is 0.200. The fraction of sp³-hybridized carbons (Fsp3) is 0.0769. The molecule has 5 rings (SSSR count). The largest absolute Gasteiger partial charge is 0.492 e. The van der Waals surface area contributed by atoms with E-state index < -0.39 is 0 Å². The number of nitrogens with zero attached hydrogens (tertiary/aromatic N) is 1. The van der Waals surface area contributed by atoms with Crippen LogP contribution in [0.25, 0.3) is 10.9 Å². The molecule has 0 fully saturated rings. The lowest BCUT2D eigenvalue weighted by Crippen LogP contribution is -2.13. The maximum absolute atomic E-state index is 12.5. The summed E-state index contributed by atoms with van der Waals surface area (Å²) in [5.74, 6) is 0.226. The van der Waals surface area contributed by atoms with Gasteiger partial charge in [-0.25, -0.2) is 0 Å². The van der Waals surface area contributed by atoms with E-state index in [4.69, 9.17) is 5.73 Å². The molecule has 1 amide bonds. The lowest BCUT2D eigenvalue weighted by molar-refractivity contribution is 0.102. The molecule has 0 spiro atoms. The molecule has 0 aliphatic carbocycles. The van der Waals surface area contributed by atoms with Crippen molar-refractivity contribution in [3.8, 4) is 5.88 Å². The van der Waals surface area contributed by atoms with Crippen molar-refractivity contribution in [3.05, 3.63) is 101 Å². The molecule has 5 aromatic rings. The minimum absolute atomic E-state index is 0.0278. The van der Waals surface area contributed by atoms with Crippen LogP contribution in [0, 0.1) is 0 Å². The highest BCUT2D eigenvalue weighted by Gasteiger charge is 2.13. The van der Waals surface area contributed by atoms with Crippen molar-refractivity contribution < 1.29 is 9.90 Å². The highest BCUT2D eigenvalue weighted by Crippen LogP contribution is 2.25. The number of benzene rings is 3. The maximum Gasteiger partial charge on any atom is 0.255 e. The zero-order chi connectivity index (χ0) is 23.5. The van der Waals surface area contributed by atoms with Crippen molar-refractivity contribution in [2.24, 2.45) is 0 Å². The van der Waals surface area contributed by atoms with Gasteiger partial charge in [0.25, 0.3) is 5.91 Å². The molecule has 0 saturated carbocycles. The zero-order valence-electron chi connectivity index (χ0n) is 18.3. The van der Waals surface area contributed by atoms with Crippen LogP contribution in [0.1, 0.15) is 27.2 Å². The summed E-state index contributed by atoms with van der Waals surface area (Å²) in [6, 6.07) is 22.4. The molecule has 2 heterocycles. The summed E-state index contributed by atoms with van der Waals surface area (Å²) in [6.45, 7) is 0.479. The predicted octanol–water partition coefficient (Wildman–Crippen LogP) is 4.63. The molecule has 3 aromatic carbocycles. The molecule has 8 nitrogen and oxygen atoms in total. The normalized spacial score (nSPS) is 10.9. The molecule has 0 saturated heterocycles. The van der Waals surface area contributed by atoms with Gasteiger partial charge in [0.1, 0.15) is 0 Å². The van der Waals surface area contributed by atoms with Gasteiger partial charge in [-0.2, -0.15) is 4.98 Å². The molecule has 170 valence electrons. The number of para-hydroxylation sites is 3. The fourth-order valence-corrected chi connectivity index (χ4v) is 3.84. The van der Waals surface area contributed by atoms with Gasteiger partial charge in [-0.05, 0) is 41.5 Å². The number of nitrogens with two attached hydrogens (primary N) is 1. The number of hydrogen-bond acceptors (Lipinski definition) is 5. The lowest BCUT2D eigenvalue weighted by Gasteiger charge is -2.08. The van der Waals surface area contributed by atoms with E-state index in [2.05, 4.69) is 25.6 Å². The van der Waals surface area contributed by atoms with Crippen LogP contribution in [0.5, 0.6) is 5.88 Å². The minimum atomic E-state index is -0.227. The van der Waals surface area contributed by atoms with Crippen molar-refractivity contribution in [2.45, 2.75) is 13.0 Å². The highest BCUT2D eigenvalue weighted by atomic mass is 16.3. The second-order valence-electron chi connectivity index (χ2n) is 8.02. The van der Waals surface area contributed by atoms with Crippen molar-refractivity contribution in [1.82, 2.24) is 15.0 Å². The number of aromatic nitrogens is 3. The van der Waals surface area contributed by atoms with Crippen molar-refractivity contribution in [2.75, 3.05) is 16.4 Å². The first kappa shape index (κ1) is 21.1. The number of imidazole rings is 1. The standard InChI is InChI=1S/C26H24N6O2/c27-20-6-2-4-8-22(20)30-24(33)17-11-9-16(10-12-17)14-29-26-31-23(25(34)32-26)13-18-15-28-21-7-3-1-5-19(18)21/h1-12,15,28,34H,13-14,27H2,(H,30,33)(H2,29,31,32). The van der Waals surface area contributed by atoms with Gasteiger partial charge in [0.05, 0.1) is 17.1 Å². The van der Waals surface area contributed by atoms with E-state index in [9.17, 15) is 9.90 Å². The molecule has 8 heteroatoms. The molecule has 34 heavy (non-hydrogen) atoms. The number of aromatic hydroxyl groups is 1. The maximum atomic E-state index is 12.5. The smallest absolute Gasteiger partial charge is 0.255 e. The van der Waals surface area contributed by atoms with E-state index in [-0.39, 0.29) is 11.8 Å². The number of H-pyrrole nitrogens is 2. The van der Waals surface area contributed by atoms with Gasteiger partial charge in [-0.3, -0.25) is 4.79 Å². The first-order valence-corrected chi connectivity index (χ1v) is 10.9. The van der Waals surface area contributed by atoms with Gasteiger partial charge in [-0.15, -0.1) is 0 Å².